The molecule has 2 aromatic heterocycles. The summed E-state index contributed by atoms with van der Waals surface area (Å²) in [5.41, 5.74) is 7.20. The van der Waals surface area contributed by atoms with Gasteiger partial charge in [-0.3, -0.25) is 4.68 Å². The van der Waals surface area contributed by atoms with E-state index < -0.39 is 0 Å². The molecular formula is C11H14BrN3S. The van der Waals surface area contributed by atoms with Gasteiger partial charge in [0.05, 0.1) is 6.20 Å². The van der Waals surface area contributed by atoms with Gasteiger partial charge < -0.3 is 5.73 Å². The third-order valence-electron chi connectivity index (χ3n) is 2.39. The molecule has 5 heteroatoms. The number of thiophene rings is 1. The minimum atomic E-state index is 0.0323. The van der Waals surface area contributed by atoms with Crippen molar-refractivity contribution in [1.82, 2.24) is 9.78 Å². The average Bonchev–Trinajstić information content (AvgIpc) is 2.76. The zero-order valence-corrected chi connectivity index (χ0v) is 11.6. The largest absolute Gasteiger partial charge is 0.326 e. The molecule has 0 amide bonds. The SMILES string of the molecule is Cc1cnn(C(c2cc(Br)cs2)C(C)N)c1. The van der Waals surface area contributed by atoms with Crippen LogP contribution in [0.15, 0.2) is 28.3 Å². The van der Waals surface area contributed by atoms with E-state index in [1.165, 1.54) is 4.88 Å². The molecule has 0 spiro atoms. The molecule has 0 aliphatic heterocycles. The lowest BCUT2D eigenvalue weighted by Crippen LogP contribution is -2.29. The monoisotopic (exact) mass is 299 g/mol. The maximum atomic E-state index is 6.05. The maximum absolute atomic E-state index is 6.05. The van der Waals surface area contributed by atoms with Crippen molar-refractivity contribution in [3.63, 3.8) is 0 Å². The van der Waals surface area contributed by atoms with Crippen LogP contribution in [0.2, 0.25) is 0 Å². The Morgan fingerprint density at radius 2 is 2.31 bits per heavy atom. The van der Waals surface area contributed by atoms with E-state index in [-0.39, 0.29) is 12.1 Å². The lowest BCUT2D eigenvalue weighted by atomic mass is 10.1. The number of nitrogens with zero attached hydrogens (tertiary/aromatic N) is 2. The number of rotatable bonds is 3. The topological polar surface area (TPSA) is 43.8 Å². The Morgan fingerprint density at radius 1 is 1.56 bits per heavy atom. The molecule has 3 nitrogen and oxygen atoms in total. The second-order valence-corrected chi connectivity index (χ2v) is 5.83. The van der Waals surface area contributed by atoms with Crippen molar-refractivity contribution in [3.8, 4) is 0 Å². The number of hydrogen-bond donors (Lipinski definition) is 1. The van der Waals surface area contributed by atoms with Crippen LogP contribution in [0.4, 0.5) is 0 Å². The van der Waals surface area contributed by atoms with Gasteiger partial charge in [-0.15, -0.1) is 11.3 Å². The van der Waals surface area contributed by atoms with E-state index in [2.05, 4.69) is 32.5 Å². The van der Waals surface area contributed by atoms with Crippen molar-refractivity contribution in [1.29, 1.82) is 0 Å². The number of aromatic nitrogens is 2. The first-order chi connectivity index (χ1) is 7.58. The fourth-order valence-corrected chi connectivity index (χ4v) is 3.35. The minimum absolute atomic E-state index is 0.0323. The molecule has 2 unspecified atom stereocenters. The molecule has 86 valence electrons. The van der Waals surface area contributed by atoms with E-state index in [0.29, 0.717) is 0 Å². The summed E-state index contributed by atoms with van der Waals surface area (Å²) in [6.45, 7) is 4.04. The molecule has 16 heavy (non-hydrogen) atoms. The van der Waals surface area contributed by atoms with Crippen molar-refractivity contribution >= 4 is 27.3 Å². The van der Waals surface area contributed by atoms with Gasteiger partial charge in [0.15, 0.2) is 0 Å². The molecule has 0 saturated heterocycles. The van der Waals surface area contributed by atoms with E-state index >= 15 is 0 Å². The van der Waals surface area contributed by atoms with Crippen LogP contribution in [0.1, 0.15) is 23.4 Å². The summed E-state index contributed by atoms with van der Waals surface area (Å²) < 4.78 is 3.04. The van der Waals surface area contributed by atoms with Crippen molar-refractivity contribution in [2.45, 2.75) is 25.9 Å². The van der Waals surface area contributed by atoms with Gasteiger partial charge in [0, 0.05) is 27.0 Å². The van der Waals surface area contributed by atoms with E-state index in [4.69, 9.17) is 5.73 Å². The van der Waals surface area contributed by atoms with Crippen LogP contribution in [-0.2, 0) is 0 Å². The van der Waals surface area contributed by atoms with Gasteiger partial charge in [0.25, 0.3) is 0 Å². The quantitative estimate of drug-likeness (QED) is 0.947. The van der Waals surface area contributed by atoms with Gasteiger partial charge in [-0.05, 0) is 41.4 Å². The van der Waals surface area contributed by atoms with Crippen LogP contribution in [0.3, 0.4) is 0 Å². The van der Waals surface area contributed by atoms with Gasteiger partial charge in [-0.2, -0.15) is 5.10 Å². The summed E-state index contributed by atoms with van der Waals surface area (Å²) >= 11 is 5.17. The molecule has 0 aliphatic carbocycles. The number of nitrogens with two attached hydrogens (primary N) is 1. The lowest BCUT2D eigenvalue weighted by molar-refractivity contribution is 0.460. The van der Waals surface area contributed by atoms with Gasteiger partial charge in [-0.25, -0.2) is 0 Å². The first-order valence-electron chi connectivity index (χ1n) is 5.08. The Bertz CT molecular complexity index is 435. The lowest BCUT2D eigenvalue weighted by Gasteiger charge is -2.19. The number of aryl methyl sites for hydroxylation is 1. The van der Waals surface area contributed by atoms with Crippen LogP contribution < -0.4 is 5.73 Å². The van der Waals surface area contributed by atoms with Gasteiger partial charge in [0.2, 0.25) is 0 Å². The Labute approximate surface area is 107 Å². The molecule has 0 radical (unpaired) electrons. The predicted octanol–water partition coefficient (Wildman–Crippen LogP) is 2.95. The smallest absolute Gasteiger partial charge is 0.101 e. The van der Waals surface area contributed by atoms with E-state index in [9.17, 15) is 0 Å². The molecule has 2 aromatic rings. The Hall–Kier alpha value is -0.650. The molecule has 0 aliphatic rings. The predicted molar refractivity (Wildman–Crippen MR) is 70.8 cm³/mol. The Morgan fingerprint density at radius 3 is 2.75 bits per heavy atom. The number of hydrogen-bond acceptors (Lipinski definition) is 3. The summed E-state index contributed by atoms with van der Waals surface area (Å²) in [7, 11) is 0. The fraction of sp³-hybridized carbons (Fsp3) is 0.364. The third-order valence-corrected chi connectivity index (χ3v) is 4.16. The summed E-state index contributed by atoms with van der Waals surface area (Å²) in [5, 5.41) is 6.42. The van der Waals surface area contributed by atoms with Crippen molar-refractivity contribution in [3.05, 3.63) is 38.8 Å². The van der Waals surface area contributed by atoms with Crippen molar-refractivity contribution in [2.24, 2.45) is 5.73 Å². The molecule has 2 rings (SSSR count). The number of halogens is 1. The van der Waals surface area contributed by atoms with E-state index in [0.717, 1.165) is 10.0 Å². The highest BCUT2D eigenvalue weighted by Crippen LogP contribution is 2.29. The minimum Gasteiger partial charge on any atom is -0.326 e. The highest BCUT2D eigenvalue weighted by molar-refractivity contribution is 9.10. The molecule has 0 fully saturated rings. The van der Waals surface area contributed by atoms with Gasteiger partial charge >= 0.3 is 0 Å². The first kappa shape index (κ1) is 11.8. The van der Waals surface area contributed by atoms with Gasteiger partial charge in [-0.1, -0.05) is 0 Å². The second kappa shape index (κ2) is 4.69. The molecule has 0 aromatic carbocycles. The molecule has 2 N–H and O–H groups in total. The zero-order chi connectivity index (χ0) is 11.7. The zero-order valence-electron chi connectivity index (χ0n) is 9.22. The fourth-order valence-electron chi connectivity index (χ4n) is 1.70. The summed E-state index contributed by atoms with van der Waals surface area (Å²) in [6.07, 6.45) is 3.89. The second-order valence-electron chi connectivity index (χ2n) is 3.97. The normalized spacial score (nSPS) is 15.0. The highest BCUT2D eigenvalue weighted by Gasteiger charge is 2.20. The molecule has 2 heterocycles. The van der Waals surface area contributed by atoms with E-state index in [1.54, 1.807) is 11.3 Å². The summed E-state index contributed by atoms with van der Waals surface area (Å²) in [5.74, 6) is 0. The Kier molecular flexibility index (Phi) is 3.47. The van der Waals surface area contributed by atoms with Crippen LogP contribution >= 0.6 is 27.3 Å². The molecule has 0 saturated carbocycles. The third kappa shape index (κ3) is 2.36. The molecule has 0 bridgehead atoms. The van der Waals surface area contributed by atoms with Crippen LogP contribution in [0, 0.1) is 6.92 Å². The molecular weight excluding hydrogens is 286 g/mol. The standard InChI is InChI=1S/C11H14BrN3S/c1-7-4-14-15(5-7)11(8(2)13)10-3-9(12)6-16-10/h3-6,8,11H,13H2,1-2H3. The van der Waals surface area contributed by atoms with Crippen LogP contribution in [0.5, 0.6) is 0 Å². The maximum Gasteiger partial charge on any atom is 0.101 e. The van der Waals surface area contributed by atoms with Crippen LogP contribution in [-0.4, -0.2) is 15.8 Å². The first-order valence-corrected chi connectivity index (χ1v) is 6.75. The summed E-state index contributed by atoms with van der Waals surface area (Å²) in [6, 6.07) is 2.25. The highest BCUT2D eigenvalue weighted by atomic mass is 79.9. The van der Waals surface area contributed by atoms with Crippen molar-refractivity contribution < 1.29 is 0 Å². The molecule has 2 atom stereocenters. The van der Waals surface area contributed by atoms with Gasteiger partial charge in [0.1, 0.15) is 6.04 Å². The average molecular weight is 300 g/mol. The van der Waals surface area contributed by atoms with Crippen LogP contribution in [0.25, 0.3) is 0 Å². The van der Waals surface area contributed by atoms with Crippen molar-refractivity contribution in [2.75, 3.05) is 0 Å². The van der Waals surface area contributed by atoms with E-state index in [1.807, 2.05) is 30.9 Å². The Balaban J connectivity index is 2.38. The summed E-state index contributed by atoms with van der Waals surface area (Å²) in [4.78, 5) is 1.23.